The van der Waals surface area contributed by atoms with Crippen molar-refractivity contribution >= 4 is 11.6 Å². The molecule has 0 radical (unpaired) electrons. The minimum absolute atomic E-state index is 0.611. The van der Waals surface area contributed by atoms with Crippen LogP contribution in [0.2, 0.25) is 5.15 Å². The molecule has 17 heavy (non-hydrogen) atoms. The summed E-state index contributed by atoms with van der Waals surface area (Å²) in [5, 5.41) is 5.20. The molecule has 0 unspecified atom stereocenters. The second-order valence-electron chi connectivity index (χ2n) is 4.28. The first-order valence-corrected chi connectivity index (χ1v) is 6.05. The first-order valence-electron chi connectivity index (χ1n) is 5.68. The number of ether oxygens (including phenoxy) is 1. The molecule has 1 aliphatic carbocycles. The van der Waals surface area contributed by atoms with Crippen LogP contribution in [0.15, 0.2) is 30.3 Å². The molecular formula is C13H13ClN2O. The van der Waals surface area contributed by atoms with E-state index in [1.807, 2.05) is 30.3 Å². The molecule has 2 aromatic rings. The normalized spacial score (nSPS) is 14.9. The van der Waals surface area contributed by atoms with Crippen LogP contribution in [0.1, 0.15) is 24.5 Å². The van der Waals surface area contributed by atoms with Crippen molar-refractivity contribution in [1.82, 2.24) is 9.78 Å². The molecule has 88 valence electrons. The predicted molar refractivity (Wildman–Crippen MR) is 67.1 cm³/mol. The standard InChI is InChI=1S/C13H13ClN2O/c1-17-11-4-2-3-10(7-11)16-13(14)8-12(15-16)9-5-6-9/h2-4,7-9H,5-6H2,1H3. The Morgan fingerprint density at radius 3 is 2.88 bits per heavy atom. The van der Waals surface area contributed by atoms with Gasteiger partial charge in [-0.3, -0.25) is 0 Å². The van der Waals surface area contributed by atoms with Crippen molar-refractivity contribution in [2.75, 3.05) is 7.11 Å². The molecule has 4 heteroatoms. The second-order valence-corrected chi connectivity index (χ2v) is 4.67. The van der Waals surface area contributed by atoms with E-state index in [-0.39, 0.29) is 0 Å². The molecule has 0 N–H and O–H groups in total. The lowest BCUT2D eigenvalue weighted by Gasteiger charge is -2.05. The van der Waals surface area contributed by atoms with E-state index >= 15 is 0 Å². The lowest BCUT2D eigenvalue weighted by Crippen LogP contribution is -1.97. The van der Waals surface area contributed by atoms with Crippen LogP contribution >= 0.6 is 11.6 Å². The molecule has 0 atom stereocenters. The highest BCUT2D eigenvalue weighted by molar-refractivity contribution is 6.29. The smallest absolute Gasteiger partial charge is 0.133 e. The zero-order valence-corrected chi connectivity index (χ0v) is 10.3. The monoisotopic (exact) mass is 248 g/mol. The maximum absolute atomic E-state index is 6.21. The zero-order chi connectivity index (χ0) is 11.8. The summed E-state index contributed by atoms with van der Waals surface area (Å²) in [5.41, 5.74) is 2.03. The highest BCUT2D eigenvalue weighted by Crippen LogP contribution is 2.40. The van der Waals surface area contributed by atoms with Gasteiger partial charge in [-0.25, -0.2) is 4.68 Å². The van der Waals surface area contributed by atoms with Crippen LogP contribution < -0.4 is 4.74 Å². The van der Waals surface area contributed by atoms with Crippen LogP contribution in [0.25, 0.3) is 5.69 Å². The van der Waals surface area contributed by atoms with Gasteiger partial charge in [0.1, 0.15) is 10.9 Å². The average molecular weight is 249 g/mol. The van der Waals surface area contributed by atoms with Crippen molar-refractivity contribution < 1.29 is 4.74 Å². The van der Waals surface area contributed by atoms with Gasteiger partial charge in [-0.15, -0.1) is 0 Å². The first kappa shape index (κ1) is 10.7. The number of halogens is 1. The maximum Gasteiger partial charge on any atom is 0.133 e. The van der Waals surface area contributed by atoms with E-state index in [9.17, 15) is 0 Å². The van der Waals surface area contributed by atoms with Crippen LogP contribution in [0.3, 0.4) is 0 Å². The third kappa shape index (κ3) is 2.03. The summed E-state index contributed by atoms with van der Waals surface area (Å²) in [6.45, 7) is 0. The van der Waals surface area contributed by atoms with Gasteiger partial charge in [-0.05, 0) is 31.0 Å². The molecule has 1 fully saturated rings. The van der Waals surface area contributed by atoms with Crippen LogP contribution in [0.5, 0.6) is 5.75 Å². The molecule has 0 aliphatic heterocycles. The molecule has 3 rings (SSSR count). The molecular weight excluding hydrogens is 236 g/mol. The topological polar surface area (TPSA) is 27.1 Å². The van der Waals surface area contributed by atoms with E-state index in [0.29, 0.717) is 11.1 Å². The van der Waals surface area contributed by atoms with Gasteiger partial charge in [0.15, 0.2) is 0 Å². The SMILES string of the molecule is COc1cccc(-n2nc(C3CC3)cc2Cl)c1. The van der Waals surface area contributed by atoms with E-state index in [1.54, 1.807) is 11.8 Å². The van der Waals surface area contributed by atoms with E-state index in [4.69, 9.17) is 16.3 Å². The fraction of sp³-hybridized carbons (Fsp3) is 0.308. The summed E-state index contributed by atoms with van der Waals surface area (Å²) < 4.78 is 6.96. The Balaban J connectivity index is 2.01. The molecule has 0 saturated heterocycles. The molecule has 1 aliphatic rings. The van der Waals surface area contributed by atoms with Crippen LogP contribution in [-0.4, -0.2) is 16.9 Å². The number of hydrogen-bond donors (Lipinski definition) is 0. The number of aromatic nitrogens is 2. The Morgan fingerprint density at radius 1 is 1.35 bits per heavy atom. The number of rotatable bonds is 3. The highest BCUT2D eigenvalue weighted by Gasteiger charge is 2.27. The quantitative estimate of drug-likeness (QED) is 0.832. The van der Waals surface area contributed by atoms with Crippen molar-refractivity contribution in [3.63, 3.8) is 0 Å². The van der Waals surface area contributed by atoms with Gasteiger partial charge in [-0.2, -0.15) is 5.10 Å². The van der Waals surface area contributed by atoms with Gasteiger partial charge in [-0.1, -0.05) is 17.7 Å². The third-order valence-electron chi connectivity index (χ3n) is 2.98. The van der Waals surface area contributed by atoms with Crippen LogP contribution in [-0.2, 0) is 0 Å². The summed E-state index contributed by atoms with van der Waals surface area (Å²) in [6, 6.07) is 9.69. The van der Waals surface area contributed by atoms with Gasteiger partial charge in [0.25, 0.3) is 0 Å². The number of hydrogen-bond acceptors (Lipinski definition) is 2. The molecule has 1 aromatic carbocycles. The Kier molecular flexibility index (Phi) is 2.56. The van der Waals surface area contributed by atoms with Crippen molar-refractivity contribution in [3.8, 4) is 11.4 Å². The van der Waals surface area contributed by atoms with E-state index in [2.05, 4.69) is 5.10 Å². The summed E-state index contributed by atoms with van der Waals surface area (Å²) in [5.74, 6) is 1.42. The molecule has 1 saturated carbocycles. The summed E-state index contributed by atoms with van der Waals surface area (Å²) in [7, 11) is 1.65. The number of methoxy groups -OCH3 is 1. The Morgan fingerprint density at radius 2 is 2.18 bits per heavy atom. The summed E-state index contributed by atoms with van der Waals surface area (Å²) in [6.07, 6.45) is 2.46. The zero-order valence-electron chi connectivity index (χ0n) is 9.56. The number of nitrogens with zero attached hydrogens (tertiary/aromatic N) is 2. The van der Waals surface area contributed by atoms with Gasteiger partial charge in [0.05, 0.1) is 18.5 Å². The minimum atomic E-state index is 0.611. The lowest BCUT2D eigenvalue weighted by atomic mass is 10.3. The van der Waals surface area contributed by atoms with E-state index in [1.165, 1.54) is 12.8 Å². The van der Waals surface area contributed by atoms with Crippen molar-refractivity contribution in [3.05, 3.63) is 41.2 Å². The van der Waals surface area contributed by atoms with Crippen molar-refractivity contribution in [2.45, 2.75) is 18.8 Å². The number of benzene rings is 1. The summed E-state index contributed by atoms with van der Waals surface area (Å²) >= 11 is 6.21. The summed E-state index contributed by atoms with van der Waals surface area (Å²) in [4.78, 5) is 0. The molecule has 0 bridgehead atoms. The Hall–Kier alpha value is -1.48. The third-order valence-corrected chi connectivity index (χ3v) is 3.25. The molecule has 0 amide bonds. The Bertz CT molecular complexity index is 546. The fourth-order valence-electron chi connectivity index (χ4n) is 1.88. The van der Waals surface area contributed by atoms with E-state index in [0.717, 1.165) is 17.1 Å². The molecule has 1 heterocycles. The largest absolute Gasteiger partial charge is 0.497 e. The minimum Gasteiger partial charge on any atom is -0.497 e. The lowest BCUT2D eigenvalue weighted by molar-refractivity contribution is 0.414. The van der Waals surface area contributed by atoms with Gasteiger partial charge >= 0.3 is 0 Å². The maximum atomic E-state index is 6.21. The van der Waals surface area contributed by atoms with Gasteiger partial charge < -0.3 is 4.74 Å². The molecule has 1 aromatic heterocycles. The molecule has 3 nitrogen and oxygen atoms in total. The predicted octanol–water partition coefficient (Wildman–Crippen LogP) is 3.41. The highest BCUT2D eigenvalue weighted by atomic mass is 35.5. The van der Waals surface area contributed by atoms with E-state index < -0.39 is 0 Å². The van der Waals surface area contributed by atoms with Crippen LogP contribution in [0.4, 0.5) is 0 Å². The van der Waals surface area contributed by atoms with Crippen LogP contribution in [0, 0.1) is 0 Å². The van der Waals surface area contributed by atoms with Crippen molar-refractivity contribution in [2.24, 2.45) is 0 Å². The fourth-order valence-corrected chi connectivity index (χ4v) is 2.12. The van der Waals surface area contributed by atoms with Crippen molar-refractivity contribution in [1.29, 1.82) is 0 Å². The first-order chi connectivity index (χ1) is 8.28. The van der Waals surface area contributed by atoms with Gasteiger partial charge in [0.2, 0.25) is 0 Å². The second kappa shape index (κ2) is 4.08. The average Bonchev–Trinajstić information content (AvgIpc) is 3.13. The Labute approximate surface area is 105 Å². The molecule has 0 spiro atoms. The van der Waals surface area contributed by atoms with Gasteiger partial charge in [0, 0.05) is 12.0 Å².